The van der Waals surface area contributed by atoms with Crippen LogP contribution in [0.2, 0.25) is 0 Å². The molecule has 1 saturated heterocycles. The Balaban J connectivity index is 1.52. The van der Waals surface area contributed by atoms with Crippen molar-refractivity contribution >= 4 is 10.0 Å². The minimum absolute atomic E-state index is 0.234. The first-order valence-corrected chi connectivity index (χ1v) is 12.3. The minimum Gasteiger partial charge on any atom is -0.337 e. The van der Waals surface area contributed by atoms with Crippen LogP contribution in [0.4, 0.5) is 0 Å². The molecule has 0 spiro atoms. The van der Waals surface area contributed by atoms with Crippen LogP contribution >= 0.6 is 0 Å². The molecule has 0 unspecified atom stereocenters. The van der Waals surface area contributed by atoms with Crippen LogP contribution < -0.4 is 5.73 Å². The van der Waals surface area contributed by atoms with Crippen LogP contribution in [0.5, 0.6) is 0 Å². The summed E-state index contributed by atoms with van der Waals surface area (Å²) in [6, 6.07) is 8.69. The van der Waals surface area contributed by atoms with Gasteiger partial charge in [-0.05, 0) is 37.2 Å². The van der Waals surface area contributed by atoms with Crippen LogP contribution in [0.15, 0.2) is 34.9 Å². The molecule has 1 aliphatic carbocycles. The van der Waals surface area contributed by atoms with Crippen molar-refractivity contribution in [3.63, 3.8) is 0 Å². The Kier molecular flexibility index (Phi) is 6.32. The van der Waals surface area contributed by atoms with Gasteiger partial charge in [0.15, 0.2) is 5.82 Å². The highest BCUT2D eigenvalue weighted by Crippen LogP contribution is 2.34. The molecule has 2 aromatic rings. The lowest BCUT2D eigenvalue weighted by Gasteiger charge is -2.34. The first-order valence-electron chi connectivity index (χ1n) is 10.7. The second kappa shape index (κ2) is 8.93. The average molecular weight is 419 g/mol. The van der Waals surface area contributed by atoms with Crippen molar-refractivity contribution in [3.8, 4) is 0 Å². The number of benzene rings is 1. The lowest BCUT2D eigenvalue weighted by atomic mass is 9.91. The molecule has 2 N–H and O–H groups in total. The van der Waals surface area contributed by atoms with Gasteiger partial charge in [0.25, 0.3) is 0 Å². The van der Waals surface area contributed by atoms with E-state index in [-0.39, 0.29) is 17.7 Å². The van der Waals surface area contributed by atoms with Gasteiger partial charge in [0.2, 0.25) is 15.9 Å². The van der Waals surface area contributed by atoms with Crippen molar-refractivity contribution in [1.82, 2.24) is 14.4 Å². The van der Waals surface area contributed by atoms with Crippen LogP contribution in [0.1, 0.15) is 80.7 Å². The highest BCUT2D eigenvalue weighted by Gasteiger charge is 2.37. The Morgan fingerprint density at radius 3 is 2.55 bits per heavy atom. The summed E-state index contributed by atoms with van der Waals surface area (Å²) < 4.78 is 33.5. The standard InChI is InChI=1S/C21H30N4O3S/c22-19(17-11-5-2-6-12-17)21-23-20(24-28-21)18-13-7-8-14-25(18)29(26,27)15-16-9-3-1-4-10-16/h2,5-6,11-12,16,18-19H,1,3-4,7-10,13-15,22H2/t18-,19-/m0/s1. The summed E-state index contributed by atoms with van der Waals surface area (Å²) in [6.07, 6.45) is 8.04. The summed E-state index contributed by atoms with van der Waals surface area (Å²) in [5.74, 6) is 1.25. The molecule has 2 heterocycles. The van der Waals surface area contributed by atoms with E-state index in [4.69, 9.17) is 10.3 Å². The molecule has 1 aromatic carbocycles. The third kappa shape index (κ3) is 4.70. The number of hydrogen-bond acceptors (Lipinski definition) is 6. The van der Waals surface area contributed by atoms with Crippen molar-refractivity contribution in [2.45, 2.75) is 63.5 Å². The molecule has 8 heteroatoms. The summed E-state index contributed by atoms with van der Waals surface area (Å²) in [7, 11) is -3.36. The van der Waals surface area contributed by atoms with Gasteiger partial charge in [-0.3, -0.25) is 0 Å². The molecule has 29 heavy (non-hydrogen) atoms. The average Bonchev–Trinajstić information content (AvgIpc) is 3.24. The third-order valence-electron chi connectivity index (χ3n) is 6.16. The largest absolute Gasteiger partial charge is 0.337 e. The topological polar surface area (TPSA) is 102 Å². The predicted molar refractivity (Wildman–Crippen MR) is 110 cm³/mol. The van der Waals surface area contributed by atoms with E-state index >= 15 is 0 Å². The Labute approximate surface area is 172 Å². The number of sulfonamides is 1. The zero-order valence-corrected chi connectivity index (χ0v) is 17.6. The zero-order chi connectivity index (χ0) is 20.3. The second-order valence-electron chi connectivity index (χ2n) is 8.28. The van der Waals surface area contributed by atoms with E-state index in [1.807, 2.05) is 30.3 Å². The quantitative estimate of drug-likeness (QED) is 0.769. The van der Waals surface area contributed by atoms with Gasteiger partial charge in [-0.15, -0.1) is 0 Å². The highest BCUT2D eigenvalue weighted by molar-refractivity contribution is 7.89. The van der Waals surface area contributed by atoms with E-state index in [2.05, 4.69) is 10.1 Å². The zero-order valence-electron chi connectivity index (χ0n) is 16.7. The van der Waals surface area contributed by atoms with Crippen LogP contribution in [0.25, 0.3) is 0 Å². The normalized spacial score (nSPS) is 23.1. The smallest absolute Gasteiger partial charge is 0.248 e. The van der Waals surface area contributed by atoms with Gasteiger partial charge in [-0.1, -0.05) is 61.2 Å². The van der Waals surface area contributed by atoms with Crippen molar-refractivity contribution in [2.24, 2.45) is 11.7 Å². The maximum atomic E-state index is 13.2. The number of nitrogens with zero attached hydrogens (tertiary/aromatic N) is 3. The number of piperidine rings is 1. The van der Waals surface area contributed by atoms with Gasteiger partial charge in [0, 0.05) is 6.54 Å². The Bertz CT molecular complexity index is 894. The van der Waals surface area contributed by atoms with Crippen molar-refractivity contribution in [1.29, 1.82) is 0 Å². The summed E-state index contributed by atoms with van der Waals surface area (Å²) in [6.45, 7) is 0.522. The molecule has 2 fully saturated rings. The molecular formula is C21H30N4O3S. The predicted octanol–water partition coefficient (Wildman–Crippen LogP) is 3.55. The van der Waals surface area contributed by atoms with Gasteiger partial charge < -0.3 is 10.3 Å². The van der Waals surface area contributed by atoms with Crippen molar-refractivity contribution < 1.29 is 12.9 Å². The second-order valence-corrected chi connectivity index (χ2v) is 10.3. The Morgan fingerprint density at radius 1 is 1.07 bits per heavy atom. The third-order valence-corrected chi connectivity index (χ3v) is 8.21. The lowest BCUT2D eigenvalue weighted by Crippen LogP contribution is -2.41. The Hall–Kier alpha value is -1.77. The molecule has 0 radical (unpaired) electrons. The molecule has 1 aliphatic heterocycles. The van der Waals surface area contributed by atoms with E-state index in [1.165, 1.54) is 6.42 Å². The van der Waals surface area contributed by atoms with Gasteiger partial charge in [-0.2, -0.15) is 9.29 Å². The van der Waals surface area contributed by atoms with Crippen LogP contribution in [-0.2, 0) is 10.0 Å². The van der Waals surface area contributed by atoms with E-state index in [0.29, 0.717) is 24.7 Å². The van der Waals surface area contributed by atoms with E-state index < -0.39 is 16.1 Å². The van der Waals surface area contributed by atoms with Crippen LogP contribution in [-0.4, -0.2) is 35.2 Å². The molecule has 1 aromatic heterocycles. The summed E-state index contributed by atoms with van der Waals surface area (Å²) in [5.41, 5.74) is 7.16. The van der Waals surface area contributed by atoms with Crippen molar-refractivity contribution in [3.05, 3.63) is 47.6 Å². The van der Waals surface area contributed by atoms with Crippen LogP contribution in [0.3, 0.4) is 0 Å². The molecular weight excluding hydrogens is 388 g/mol. The minimum atomic E-state index is -3.36. The van der Waals surface area contributed by atoms with Gasteiger partial charge in [-0.25, -0.2) is 8.42 Å². The molecule has 4 rings (SSSR count). The fourth-order valence-corrected chi connectivity index (χ4v) is 6.67. The monoisotopic (exact) mass is 418 g/mol. The molecule has 2 atom stereocenters. The molecule has 0 bridgehead atoms. The molecule has 1 saturated carbocycles. The maximum Gasteiger partial charge on any atom is 0.248 e. The van der Waals surface area contributed by atoms with E-state index in [0.717, 1.165) is 44.1 Å². The van der Waals surface area contributed by atoms with Crippen molar-refractivity contribution in [2.75, 3.05) is 12.3 Å². The molecule has 0 amide bonds. The van der Waals surface area contributed by atoms with Gasteiger partial charge in [0.1, 0.15) is 6.04 Å². The number of hydrogen-bond donors (Lipinski definition) is 1. The molecule has 158 valence electrons. The lowest BCUT2D eigenvalue weighted by molar-refractivity contribution is 0.237. The fraction of sp³-hybridized carbons (Fsp3) is 0.619. The number of nitrogens with two attached hydrogens (primary N) is 1. The summed E-state index contributed by atoms with van der Waals surface area (Å²) in [4.78, 5) is 4.51. The van der Waals surface area contributed by atoms with Crippen LogP contribution in [0, 0.1) is 5.92 Å². The van der Waals surface area contributed by atoms with Gasteiger partial charge in [0.05, 0.1) is 11.8 Å². The first-order chi connectivity index (χ1) is 14.0. The highest BCUT2D eigenvalue weighted by atomic mass is 32.2. The summed E-state index contributed by atoms with van der Waals surface area (Å²) >= 11 is 0. The number of aromatic nitrogens is 2. The fourth-order valence-electron chi connectivity index (χ4n) is 4.56. The van der Waals surface area contributed by atoms with E-state index in [9.17, 15) is 8.42 Å². The first kappa shape index (κ1) is 20.5. The maximum absolute atomic E-state index is 13.2. The number of rotatable bonds is 6. The summed E-state index contributed by atoms with van der Waals surface area (Å²) in [5, 5.41) is 4.12. The van der Waals surface area contributed by atoms with E-state index in [1.54, 1.807) is 4.31 Å². The molecule has 2 aliphatic rings. The SMILES string of the molecule is N[C@@H](c1ccccc1)c1nc([C@@H]2CCCCN2S(=O)(=O)CC2CCCCC2)no1. The molecule has 7 nitrogen and oxygen atoms in total. The van der Waals surface area contributed by atoms with Gasteiger partial charge >= 0.3 is 0 Å². The Morgan fingerprint density at radius 2 is 1.79 bits per heavy atom.